The summed E-state index contributed by atoms with van der Waals surface area (Å²) in [4.78, 5) is 30.5. The average molecular weight is 782 g/mol. The molecule has 4 aromatic rings. The maximum absolute atomic E-state index is 15.0. The highest BCUT2D eigenvalue weighted by molar-refractivity contribution is 6.31. The molecule has 3 aliphatic rings. The highest BCUT2D eigenvalue weighted by Gasteiger charge is 2.57. The quantitative estimate of drug-likeness (QED) is 0.116. The third kappa shape index (κ3) is 9.04. The van der Waals surface area contributed by atoms with Crippen molar-refractivity contribution < 1.29 is 33.7 Å². The zero-order valence-corrected chi connectivity index (χ0v) is 33.6. The molecule has 2 bridgehead atoms. The van der Waals surface area contributed by atoms with Gasteiger partial charge in [-0.2, -0.15) is 0 Å². The first-order chi connectivity index (χ1) is 26.8. The van der Waals surface area contributed by atoms with Crippen LogP contribution < -0.4 is 9.47 Å². The molecule has 0 spiro atoms. The van der Waals surface area contributed by atoms with Crippen molar-refractivity contribution in [3.63, 3.8) is 0 Å². The molecule has 0 aromatic heterocycles. The Labute approximate surface area is 335 Å². The van der Waals surface area contributed by atoms with Crippen molar-refractivity contribution in [1.29, 1.82) is 0 Å². The fraction of sp³-hybridized carbons (Fsp3) is 0.404. The van der Waals surface area contributed by atoms with Gasteiger partial charge in [-0.25, -0.2) is 4.39 Å². The van der Waals surface area contributed by atoms with E-state index < -0.39 is 22.9 Å². The Balaban J connectivity index is 1.40. The lowest BCUT2D eigenvalue weighted by Crippen LogP contribution is -2.53. The molecule has 1 fully saturated rings. The molecule has 0 radical (unpaired) electrons. The maximum Gasteiger partial charge on any atom is 0.227 e. The Hall–Kier alpha value is -4.50. The number of methoxy groups -OCH3 is 2. The summed E-state index contributed by atoms with van der Waals surface area (Å²) >= 11 is 6.41. The second-order valence-electron chi connectivity index (χ2n) is 15.8. The molecule has 2 N–H and O–H groups in total. The molecule has 0 saturated heterocycles. The van der Waals surface area contributed by atoms with Gasteiger partial charge in [-0.15, -0.1) is 0 Å². The standard InChI is InChI=1S/C47H53ClFNO6/c1-31-10-9-22-46(2)39(36-19-16-33(24-35(51)18-15-31)25-37(36)42(52)28-38-40(48)13-8-14-41(38)49)21-23-47(46,54)30-50(29-32-11-6-5-7-12-32)45(53)27-34-17-20-43(55-3)44(26-34)56-4/h5-8,10-14,16-17,19-20,25-26,35,39,51,54H,9,15,18,21-24,27-30H2,1-4H3. The molecule has 296 valence electrons. The summed E-state index contributed by atoms with van der Waals surface area (Å²) in [5.74, 6) is -0.125. The minimum atomic E-state index is -1.33. The number of allylic oxidation sites excluding steroid dienone is 2. The Morgan fingerprint density at radius 3 is 2.41 bits per heavy atom. The van der Waals surface area contributed by atoms with Crippen LogP contribution in [0, 0.1) is 11.2 Å². The van der Waals surface area contributed by atoms with E-state index in [-0.39, 0.29) is 47.6 Å². The van der Waals surface area contributed by atoms with Gasteiger partial charge in [0.25, 0.3) is 0 Å². The number of carbonyl (C=O) groups excluding carboxylic acids is 2. The van der Waals surface area contributed by atoms with Crippen LogP contribution in [0.5, 0.6) is 11.5 Å². The van der Waals surface area contributed by atoms with Crippen LogP contribution in [0.3, 0.4) is 0 Å². The number of nitrogens with zero attached hydrogens (tertiary/aromatic N) is 1. The summed E-state index contributed by atoms with van der Waals surface area (Å²) in [5, 5.41) is 24.3. The van der Waals surface area contributed by atoms with E-state index in [2.05, 4.69) is 19.9 Å². The zero-order chi connectivity index (χ0) is 40.0. The fourth-order valence-electron chi connectivity index (χ4n) is 8.83. The molecule has 9 heteroatoms. The summed E-state index contributed by atoms with van der Waals surface area (Å²) in [6.07, 6.45) is 5.35. The van der Waals surface area contributed by atoms with Crippen LogP contribution in [0.1, 0.15) is 96.5 Å². The summed E-state index contributed by atoms with van der Waals surface area (Å²) in [6, 6.07) is 25.4. The Kier molecular flexibility index (Phi) is 13.0. The molecular weight excluding hydrogens is 729 g/mol. The summed E-state index contributed by atoms with van der Waals surface area (Å²) < 4.78 is 26.0. The highest BCUT2D eigenvalue weighted by atomic mass is 35.5. The van der Waals surface area contributed by atoms with E-state index in [4.69, 9.17) is 21.1 Å². The number of benzene rings is 4. The predicted octanol–water partition coefficient (Wildman–Crippen LogP) is 9.23. The first-order valence-corrected chi connectivity index (χ1v) is 19.9. The molecule has 1 amide bonds. The molecule has 0 heterocycles. The van der Waals surface area contributed by atoms with E-state index in [1.807, 2.05) is 54.6 Å². The number of halogens is 2. The second kappa shape index (κ2) is 17.7. The number of hydrogen-bond donors (Lipinski definition) is 2. The third-order valence-corrected chi connectivity index (χ3v) is 12.5. The van der Waals surface area contributed by atoms with Gasteiger partial charge in [0.2, 0.25) is 5.91 Å². The van der Waals surface area contributed by atoms with Crippen molar-refractivity contribution in [3.8, 4) is 11.5 Å². The third-order valence-electron chi connectivity index (χ3n) is 12.2. The van der Waals surface area contributed by atoms with E-state index in [1.54, 1.807) is 37.3 Å². The van der Waals surface area contributed by atoms with Crippen LogP contribution >= 0.6 is 11.6 Å². The van der Waals surface area contributed by atoms with Gasteiger partial charge in [-0.3, -0.25) is 9.59 Å². The molecule has 7 rings (SSSR count). The second-order valence-corrected chi connectivity index (χ2v) is 16.3. The largest absolute Gasteiger partial charge is 0.493 e. The molecule has 4 aromatic carbocycles. The number of ether oxygens (including phenoxy) is 2. The van der Waals surface area contributed by atoms with Gasteiger partial charge < -0.3 is 24.6 Å². The number of amides is 1. The lowest BCUT2D eigenvalue weighted by atomic mass is 9.64. The number of fused-ring (bicyclic) bond motifs is 8. The molecule has 1 saturated carbocycles. The number of aliphatic hydroxyl groups is 2. The first kappa shape index (κ1) is 41.1. The summed E-state index contributed by atoms with van der Waals surface area (Å²) in [6.45, 7) is 4.56. The van der Waals surface area contributed by atoms with Crippen molar-refractivity contribution in [2.45, 2.75) is 95.8 Å². The van der Waals surface area contributed by atoms with Gasteiger partial charge in [0.1, 0.15) is 5.82 Å². The molecule has 56 heavy (non-hydrogen) atoms. The minimum Gasteiger partial charge on any atom is -0.493 e. The molecule has 0 aliphatic heterocycles. The average Bonchev–Trinajstić information content (AvgIpc) is 3.43. The number of carbonyl (C=O) groups is 2. The lowest BCUT2D eigenvalue weighted by Gasteiger charge is -2.46. The van der Waals surface area contributed by atoms with Gasteiger partial charge in [-0.1, -0.05) is 84.8 Å². The predicted molar refractivity (Wildman–Crippen MR) is 218 cm³/mol. The van der Waals surface area contributed by atoms with Crippen LogP contribution in [0.25, 0.3) is 0 Å². The van der Waals surface area contributed by atoms with Gasteiger partial charge in [-0.05, 0) is 110 Å². The SMILES string of the molecule is COc1ccc(CC(=O)N(Cc2ccccc2)CC2(O)CCC3c4ccc(cc4C(=O)Cc4c(F)cccc4Cl)CC(O)CCC(C)=CCCC32C)cc1OC. The summed E-state index contributed by atoms with van der Waals surface area (Å²) in [7, 11) is 3.13. The number of hydrogen-bond acceptors (Lipinski definition) is 6. The zero-order valence-electron chi connectivity index (χ0n) is 32.8. The van der Waals surface area contributed by atoms with Crippen molar-refractivity contribution in [1.82, 2.24) is 4.90 Å². The molecule has 3 aliphatic carbocycles. The van der Waals surface area contributed by atoms with Crippen LogP contribution in [-0.2, 0) is 30.6 Å². The fourth-order valence-corrected chi connectivity index (χ4v) is 9.06. The lowest BCUT2D eigenvalue weighted by molar-refractivity contribution is -0.140. The van der Waals surface area contributed by atoms with Crippen LogP contribution in [0.15, 0.2) is 96.6 Å². The Morgan fingerprint density at radius 2 is 1.68 bits per heavy atom. The van der Waals surface area contributed by atoms with Crippen LogP contribution in [0.2, 0.25) is 5.02 Å². The Bertz CT molecular complexity index is 2050. The minimum absolute atomic E-state index is 0.0854. The molecular formula is C47H53ClFNO6. The van der Waals surface area contributed by atoms with Crippen LogP contribution in [-0.4, -0.2) is 59.3 Å². The van der Waals surface area contributed by atoms with Crippen molar-refractivity contribution in [2.24, 2.45) is 5.41 Å². The maximum atomic E-state index is 15.0. The molecule has 4 unspecified atom stereocenters. The number of aliphatic hydroxyl groups excluding tert-OH is 1. The monoisotopic (exact) mass is 781 g/mol. The number of Topliss-reactive ketones (excluding diaryl/α,β-unsaturated/α-hetero) is 1. The van der Waals surface area contributed by atoms with Crippen LogP contribution in [0.4, 0.5) is 4.39 Å². The molecule has 4 atom stereocenters. The summed E-state index contributed by atoms with van der Waals surface area (Å²) in [5.41, 5.74) is 2.94. The van der Waals surface area contributed by atoms with Crippen molar-refractivity contribution in [3.05, 3.63) is 141 Å². The number of ketones is 1. The van der Waals surface area contributed by atoms with Gasteiger partial charge in [0.15, 0.2) is 17.3 Å². The van der Waals surface area contributed by atoms with E-state index >= 15 is 4.39 Å². The highest BCUT2D eigenvalue weighted by Crippen LogP contribution is 2.59. The number of rotatable bonds is 11. The van der Waals surface area contributed by atoms with E-state index in [1.165, 1.54) is 17.7 Å². The Morgan fingerprint density at radius 1 is 0.911 bits per heavy atom. The van der Waals surface area contributed by atoms with Gasteiger partial charge >= 0.3 is 0 Å². The van der Waals surface area contributed by atoms with Gasteiger partial charge in [0.05, 0.1) is 38.9 Å². The molecule has 7 nitrogen and oxygen atoms in total. The van der Waals surface area contributed by atoms with Gasteiger partial charge in [0, 0.05) is 34.5 Å². The van der Waals surface area contributed by atoms with Crippen molar-refractivity contribution in [2.75, 3.05) is 20.8 Å². The van der Waals surface area contributed by atoms with Crippen molar-refractivity contribution >= 4 is 23.3 Å². The van der Waals surface area contributed by atoms with E-state index in [9.17, 15) is 19.8 Å². The first-order valence-electron chi connectivity index (χ1n) is 19.5. The normalized spacial score (nSPS) is 22.5. The van der Waals surface area contributed by atoms with E-state index in [0.29, 0.717) is 62.1 Å². The van der Waals surface area contributed by atoms with E-state index in [0.717, 1.165) is 28.7 Å². The topological polar surface area (TPSA) is 96.3 Å². The smallest absolute Gasteiger partial charge is 0.227 e.